The van der Waals surface area contributed by atoms with Crippen LogP contribution in [0, 0.1) is 0 Å². The molecule has 0 radical (unpaired) electrons. The molecule has 1 saturated heterocycles. The van der Waals surface area contributed by atoms with E-state index in [1.807, 2.05) is 0 Å². The molecule has 6 atom stereocenters. The minimum absolute atomic E-state index is 0.334. The summed E-state index contributed by atoms with van der Waals surface area (Å²) >= 11 is 0. The number of nitrogens with one attached hydrogen (secondary N) is 1. The number of esters is 1. The second-order valence-corrected chi connectivity index (χ2v) is 9.23. The predicted molar refractivity (Wildman–Crippen MR) is 109 cm³/mol. The van der Waals surface area contributed by atoms with Crippen LogP contribution < -0.4 is 9.61 Å². The standard InChI is InChI=1S/C18H27BF2NO6P/c1-11(2)26-17(24)12(3)22-29(4,28-13-8-6-5-7-9-13)25-10-18(21)15(23)14(20)16(19)27-18/h5-9,11-12,14-16,22-23H,4,10,19H2,1-3H3/t12?,14-,15+,16-,18-,29?/m1/s1. The Kier molecular flexibility index (Phi) is 7.87. The Morgan fingerprint density at radius 3 is 2.55 bits per heavy atom. The lowest BCUT2D eigenvalue weighted by molar-refractivity contribution is -0.181. The first-order valence-corrected chi connectivity index (χ1v) is 11.1. The maximum Gasteiger partial charge on any atom is 0.323 e. The van der Waals surface area contributed by atoms with Gasteiger partial charge >= 0.3 is 5.97 Å². The molecule has 2 unspecified atom stereocenters. The van der Waals surface area contributed by atoms with Crippen LogP contribution >= 0.6 is 7.49 Å². The first-order valence-electron chi connectivity index (χ1n) is 9.25. The monoisotopic (exact) mass is 433 g/mol. The predicted octanol–water partition coefficient (Wildman–Crippen LogP) is 1.56. The van der Waals surface area contributed by atoms with Gasteiger partial charge in [0, 0.05) is 0 Å². The van der Waals surface area contributed by atoms with Gasteiger partial charge in [-0.25, -0.2) is 13.9 Å². The van der Waals surface area contributed by atoms with E-state index in [9.17, 15) is 18.7 Å². The van der Waals surface area contributed by atoms with Crippen LogP contribution in [0.4, 0.5) is 8.78 Å². The Bertz CT molecular complexity index is 742. The number of para-hydroxylation sites is 1. The van der Waals surface area contributed by atoms with Crippen molar-refractivity contribution in [3.63, 3.8) is 0 Å². The van der Waals surface area contributed by atoms with Crippen molar-refractivity contribution in [2.45, 2.75) is 57.1 Å². The third kappa shape index (κ3) is 6.26. The fraction of sp³-hybridized carbons (Fsp3) is 0.556. The van der Waals surface area contributed by atoms with Crippen LogP contribution in [0.15, 0.2) is 30.3 Å². The van der Waals surface area contributed by atoms with Crippen molar-refractivity contribution >= 4 is 27.6 Å². The third-order valence-electron chi connectivity index (χ3n) is 4.14. The zero-order chi connectivity index (χ0) is 21.8. The highest BCUT2D eigenvalue weighted by Gasteiger charge is 2.55. The topological polar surface area (TPSA) is 86.3 Å². The molecule has 29 heavy (non-hydrogen) atoms. The van der Waals surface area contributed by atoms with Crippen molar-refractivity contribution in [2.75, 3.05) is 6.61 Å². The number of aliphatic hydroxyl groups is 1. The molecule has 1 aliphatic rings. The average Bonchev–Trinajstić information content (AvgIpc) is 2.84. The zero-order valence-electron chi connectivity index (χ0n) is 16.9. The summed E-state index contributed by atoms with van der Waals surface area (Å²) in [6, 6.07) is 6.44. The normalized spacial score (nSPS) is 30.0. The molecule has 162 valence electrons. The van der Waals surface area contributed by atoms with Crippen molar-refractivity contribution in [3.05, 3.63) is 30.3 Å². The number of hydrogen-bond acceptors (Lipinski definition) is 7. The van der Waals surface area contributed by atoms with Crippen LogP contribution in [-0.2, 0) is 18.8 Å². The highest BCUT2D eigenvalue weighted by molar-refractivity contribution is 7.62. The first kappa shape index (κ1) is 23.8. The quantitative estimate of drug-likeness (QED) is 0.347. The minimum atomic E-state index is -3.36. The van der Waals surface area contributed by atoms with Gasteiger partial charge in [-0.15, -0.1) is 0 Å². The zero-order valence-corrected chi connectivity index (χ0v) is 17.8. The Morgan fingerprint density at radius 1 is 1.41 bits per heavy atom. The number of aliphatic hydroxyl groups excluding tert-OH is 1. The number of carbonyl (C=O) groups excluding carboxylic acids is 1. The SMILES string of the molecule is B[C@@H]1O[C@](F)(COP(=C)(NC(C)C(=O)OC(C)C)Oc2ccccc2)[C@@H](O)[C@H]1F. The Balaban J connectivity index is 2.16. The lowest BCUT2D eigenvalue weighted by Gasteiger charge is -2.31. The number of hydrogen-bond donors (Lipinski definition) is 2. The molecule has 2 rings (SSSR count). The molecule has 0 saturated carbocycles. The van der Waals surface area contributed by atoms with E-state index >= 15 is 0 Å². The first-order chi connectivity index (χ1) is 13.5. The molecule has 0 spiro atoms. The summed E-state index contributed by atoms with van der Waals surface area (Å²) in [5, 5.41) is 12.7. The van der Waals surface area contributed by atoms with E-state index in [1.165, 1.54) is 14.8 Å². The van der Waals surface area contributed by atoms with Crippen LogP contribution in [0.1, 0.15) is 20.8 Å². The van der Waals surface area contributed by atoms with Crippen molar-refractivity contribution in [1.82, 2.24) is 5.09 Å². The summed E-state index contributed by atoms with van der Waals surface area (Å²) < 4.78 is 50.1. The summed E-state index contributed by atoms with van der Waals surface area (Å²) in [6.07, 6.45) is -0.383. The van der Waals surface area contributed by atoms with Gasteiger partial charge in [-0.2, -0.15) is 0 Å². The van der Waals surface area contributed by atoms with Gasteiger partial charge in [0.1, 0.15) is 38.5 Å². The van der Waals surface area contributed by atoms with E-state index in [0.29, 0.717) is 5.75 Å². The number of rotatable bonds is 9. The molecule has 1 aliphatic heterocycles. The summed E-state index contributed by atoms with van der Waals surface area (Å²) in [6.45, 7) is 4.08. The van der Waals surface area contributed by atoms with Gasteiger partial charge in [0.2, 0.25) is 7.49 Å². The van der Waals surface area contributed by atoms with Crippen molar-refractivity contribution in [1.29, 1.82) is 0 Å². The van der Waals surface area contributed by atoms with Gasteiger partial charge in [0.05, 0.1) is 12.1 Å². The number of halogens is 2. The lowest BCUT2D eigenvalue weighted by atomic mass is 9.94. The highest BCUT2D eigenvalue weighted by atomic mass is 31.2. The molecule has 1 aromatic rings. The van der Waals surface area contributed by atoms with Crippen LogP contribution in [0.2, 0.25) is 0 Å². The Labute approximate surface area is 170 Å². The van der Waals surface area contributed by atoms with Crippen LogP contribution in [-0.4, -0.2) is 68.1 Å². The molecule has 1 heterocycles. The van der Waals surface area contributed by atoms with E-state index in [0.717, 1.165) is 0 Å². The smallest absolute Gasteiger partial charge is 0.323 e. The molecule has 0 aromatic heterocycles. The van der Waals surface area contributed by atoms with E-state index in [2.05, 4.69) is 11.4 Å². The molecule has 0 amide bonds. The van der Waals surface area contributed by atoms with Gasteiger partial charge in [-0.3, -0.25) is 4.79 Å². The lowest BCUT2D eigenvalue weighted by Crippen LogP contribution is -2.43. The van der Waals surface area contributed by atoms with Crippen molar-refractivity contribution < 1.29 is 37.2 Å². The molecule has 11 heteroatoms. The van der Waals surface area contributed by atoms with Gasteiger partial charge in [-0.1, -0.05) is 18.2 Å². The molecule has 1 aromatic carbocycles. The number of benzene rings is 1. The van der Waals surface area contributed by atoms with Crippen molar-refractivity contribution in [3.8, 4) is 5.75 Å². The summed E-state index contributed by atoms with van der Waals surface area (Å²) in [5.74, 6) is -2.98. The summed E-state index contributed by atoms with van der Waals surface area (Å²) in [5.41, 5.74) is 0. The van der Waals surface area contributed by atoms with Gasteiger partial charge in [0.15, 0.2) is 0 Å². The molecule has 2 N–H and O–H groups in total. The van der Waals surface area contributed by atoms with Gasteiger partial charge < -0.3 is 23.6 Å². The van der Waals surface area contributed by atoms with Crippen LogP contribution in [0.5, 0.6) is 5.75 Å². The Morgan fingerprint density at radius 2 is 2.03 bits per heavy atom. The number of alkyl halides is 2. The second-order valence-electron chi connectivity index (χ2n) is 7.19. The molecule has 7 nitrogen and oxygen atoms in total. The molecule has 0 aliphatic carbocycles. The van der Waals surface area contributed by atoms with Crippen LogP contribution in [0.3, 0.4) is 0 Å². The molecule has 0 bridgehead atoms. The minimum Gasteiger partial charge on any atom is -0.462 e. The average molecular weight is 433 g/mol. The Hall–Kier alpha value is -1.45. The maximum atomic E-state index is 14.9. The maximum absolute atomic E-state index is 14.9. The van der Waals surface area contributed by atoms with E-state index in [4.69, 9.17) is 18.5 Å². The molecule has 1 fully saturated rings. The van der Waals surface area contributed by atoms with Crippen molar-refractivity contribution in [2.24, 2.45) is 0 Å². The summed E-state index contributed by atoms with van der Waals surface area (Å²) in [7, 11) is -2.05. The van der Waals surface area contributed by atoms with E-state index < -0.39 is 50.2 Å². The summed E-state index contributed by atoms with van der Waals surface area (Å²) in [4.78, 5) is 12.2. The van der Waals surface area contributed by atoms with Crippen LogP contribution in [0.25, 0.3) is 0 Å². The number of carbonyl (C=O) groups is 1. The van der Waals surface area contributed by atoms with E-state index in [-0.39, 0.29) is 6.10 Å². The second kappa shape index (κ2) is 9.58. The molecular formula is C18H27BF2NO6P. The third-order valence-corrected chi connectivity index (χ3v) is 5.97. The van der Waals surface area contributed by atoms with Gasteiger partial charge in [0.25, 0.3) is 5.85 Å². The van der Waals surface area contributed by atoms with E-state index in [1.54, 1.807) is 44.2 Å². The highest BCUT2D eigenvalue weighted by Crippen LogP contribution is 2.47. The largest absolute Gasteiger partial charge is 0.462 e. The fourth-order valence-corrected chi connectivity index (χ4v) is 4.40. The molecular weight excluding hydrogens is 406 g/mol. The van der Waals surface area contributed by atoms with Gasteiger partial charge in [-0.05, 0) is 39.2 Å². The fourth-order valence-electron chi connectivity index (χ4n) is 2.67. The number of ether oxygens (including phenoxy) is 2.